The minimum Gasteiger partial charge on any atom is -0.466 e. The van der Waals surface area contributed by atoms with Crippen LogP contribution in [0, 0.1) is 13.8 Å². The molecule has 4 amide bonds. The molecule has 0 bridgehead atoms. The van der Waals surface area contributed by atoms with E-state index in [1.807, 2.05) is 39.0 Å². The summed E-state index contributed by atoms with van der Waals surface area (Å²) in [6.07, 6.45) is 1.43. The molecule has 27 heavy (non-hydrogen) atoms. The van der Waals surface area contributed by atoms with Crippen molar-refractivity contribution in [2.75, 3.05) is 6.54 Å². The lowest BCUT2D eigenvalue weighted by Crippen LogP contribution is -2.43. The number of benzene rings is 1. The van der Waals surface area contributed by atoms with Crippen LogP contribution >= 0.6 is 0 Å². The lowest BCUT2D eigenvalue weighted by molar-refractivity contribution is -0.135. The summed E-state index contributed by atoms with van der Waals surface area (Å²) in [7, 11) is 0. The van der Waals surface area contributed by atoms with E-state index >= 15 is 0 Å². The Bertz CT molecular complexity index is 891. The number of hydrogen-bond acceptors (Lipinski definition) is 4. The van der Waals surface area contributed by atoms with Crippen molar-refractivity contribution < 1.29 is 18.8 Å². The first kappa shape index (κ1) is 18.7. The van der Waals surface area contributed by atoms with E-state index in [2.05, 4.69) is 10.6 Å². The molecule has 1 aromatic heterocycles. The van der Waals surface area contributed by atoms with Gasteiger partial charge >= 0.3 is 6.03 Å². The SMILES string of the molecule is Cc1ccc(C(C)NC(=O)CN2C(=O)NC(C)(c3ccco3)C2=O)cc1C. The van der Waals surface area contributed by atoms with Gasteiger partial charge in [0.2, 0.25) is 5.91 Å². The van der Waals surface area contributed by atoms with E-state index in [1.165, 1.54) is 11.8 Å². The lowest BCUT2D eigenvalue weighted by atomic mass is 9.99. The molecule has 0 aliphatic carbocycles. The molecule has 0 spiro atoms. The summed E-state index contributed by atoms with van der Waals surface area (Å²) < 4.78 is 5.27. The summed E-state index contributed by atoms with van der Waals surface area (Å²) in [5.74, 6) is -0.600. The van der Waals surface area contributed by atoms with Gasteiger partial charge in [-0.1, -0.05) is 18.2 Å². The first-order valence-electron chi connectivity index (χ1n) is 8.77. The average Bonchev–Trinajstić information content (AvgIpc) is 3.22. The van der Waals surface area contributed by atoms with Crippen molar-refractivity contribution in [3.8, 4) is 0 Å². The highest BCUT2D eigenvalue weighted by Crippen LogP contribution is 2.29. The van der Waals surface area contributed by atoms with Crippen molar-refractivity contribution in [3.63, 3.8) is 0 Å². The minimum absolute atomic E-state index is 0.242. The second kappa shape index (κ2) is 6.90. The standard InChI is InChI=1S/C20H23N3O4/c1-12-7-8-15(10-13(12)2)14(3)21-17(24)11-23-18(25)20(4,22-19(23)26)16-6-5-9-27-16/h5-10,14H,11H2,1-4H3,(H,21,24)(H,22,26). The van der Waals surface area contributed by atoms with Gasteiger partial charge in [-0.3, -0.25) is 14.5 Å². The molecule has 2 atom stereocenters. The number of aryl methyl sites for hydroxylation is 2. The van der Waals surface area contributed by atoms with Crippen molar-refractivity contribution >= 4 is 17.8 Å². The number of amides is 4. The molecule has 7 nitrogen and oxygen atoms in total. The van der Waals surface area contributed by atoms with Crippen molar-refractivity contribution in [3.05, 3.63) is 59.0 Å². The molecule has 2 aromatic rings. The van der Waals surface area contributed by atoms with Crippen LogP contribution in [-0.2, 0) is 15.1 Å². The summed E-state index contributed by atoms with van der Waals surface area (Å²) >= 11 is 0. The highest BCUT2D eigenvalue weighted by Gasteiger charge is 2.51. The Morgan fingerprint density at radius 1 is 1.26 bits per heavy atom. The van der Waals surface area contributed by atoms with E-state index in [0.29, 0.717) is 5.76 Å². The number of carbonyl (C=O) groups excluding carboxylic acids is 3. The highest BCUT2D eigenvalue weighted by atomic mass is 16.3. The van der Waals surface area contributed by atoms with Crippen LogP contribution in [0.5, 0.6) is 0 Å². The van der Waals surface area contributed by atoms with Gasteiger partial charge in [0.05, 0.1) is 12.3 Å². The fourth-order valence-electron chi connectivity index (χ4n) is 3.12. The normalized spacial score (nSPS) is 20.5. The van der Waals surface area contributed by atoms with E-state index in [-0.39, 0.29) is 12.6 Å². The second-order valence-electron chi connectivity index (χ2n) is 7.06. The zero-order valence-corrected chi connectivity index (χ0v) is 15.8. The number of rotatable bonds is 5. The van der Waals surface area contributed by atoms with Crippen LogP contribution in [0.1, 0.15) is 42.3 Å². The Morgan fingerprint density at radius 2 is 2.00 bits per heavy atom. The van der Waals surface area contributed by atoms with Gasteiger partial charge in [0.15, 0.2) is 5.54 Å². The molecule has 1 aliphatic heterocycles. The summed E-state index contributed by atoms with van der Waals surface area (Å²) in [6.45, 7) is 7.10. The van der Waals surface area contributed by atoms with Crippen LogP contribution in [0.4, 0.5) is 4.79 Å². The number of hydrogen-bond donors (Lipinski definition) is 2. The molecule has 2 N–H and O–H groups in total. The Hall–Kier alpha value is -3.09. The molecule has 7 heteroatoms. The summed E-state index contributed by atoms with van der Waals surface area (Å²) in [4.78, 5) is 38.3. The van der Waals surface area contributed by atoms with Crippen molar-refractivity contribution in [2.45, 2.75) is 39.3 Å². The quantitative estimate of drug-likeness (QED) is 0.793. The third-order valence-electron chi connectivity index (χ3n) is 5.00. The van der Waals surface area contributed by atoms with Gasteiger partial charge in [0.1, 0.15) is 12.3 Å². The van der Waals surface area contributed by atoms with Crippen LogP contribution in [0.25, 0.3) is 0 Å². The Kier molecular flexibility index (Phi) is 4.78. The van der Waals surface area contributed by atoms with Gasteiger partial charge in [-0.2, -0.15) is 0 Å². The van der Waals surface area contributed by atoms with E-state index in [1.54, 1.807) is 19.1 Å². The first-order chi connectivity index (χ1) is 12.7. The zero-order valence-electron chi connectivity index (χ0n) is 15.8. The Labute approximate surface area is 157 Å². The molecular formula is C20H23N3O4. The van der Waals surface area contributed by atoms with Gasteiger partial charge in [0.25, 0.3) is 5.91 Å². The predicted molar refractivity (Wildman–Crippen MR) is 98.8 cm³/mol. The van der Waals surface area contributed by atoms with Crippen molar-refractivity contribution in [1.29, 1.82) is 0 Å². The van der Waals surface area contributed by atoms with Gasteiger partial charge in [-0.15, -0.1) is 0 Å². The molecule has 0 radical (unpaired) electrons. The van der Waals surface area contributed by atoms with Crippen LogP contribution in [0.15, 0.2) is 41.0 Å². The number of imide groups is 1. The maximum absolute atomic E-state index is 12.7. The smallest absolute Gasteiger partial charge is 0.325 e. The van der Waals surface area contributed by atoms with Crippen molar-refractivity contribution in [1.82, 2.24) is 15.5 Å². The molecule has 3 rings (SSSR count). The summed E-state index contributed by atoms with van der Waals surface area (Å²) in [5.41, 5.74) is 1.97. The number of nitrogens with zero attached hydrogens (tertiary/aromatic N) is 1. The van der Waals surface area contributed by atoms with E-state index < -0.39 is 23.4 Å². The largest absolute Gasteiger partial charge is 0.466 e. The van der Waals surface area contributed by atoms with E-state index in [4.69, 9.17) is 4.42 Å². The zero-order chi connectivity index (χ0) is 19.8. The van der Waals surface area contributed by atoms with Crippen LogP contribution < -0.4 is 10.6 Å². The lowest BCUT2D eigenvalue weighted by Gasteiger charge is -2.20. The van der Waals surface area contributed by atoms with Crippen LogP contribution in [-0.4, -0.2) is 29.3 Å². The van der Waals surface area contributed by atoms with Crippen molar-refractivity contribution in [2.24, 2.45) is 0 Å². The summed E-state index contributed by atoms with van der Waals surface area (Å²) in [6, 6.07) is 8.36. The Morgan fingerprint density at radius 3 is 2.63 bits per heavy atom. The molecule has 2 heterocycles. The molecule has 0 saturated carbocycles. The minimum atomic E-state index is -1.31. The fourth-order valence-corrected chi connectivity index (χ4v) is 3.12. The molecular weight excluding hydrogens is 346 g/mol. The Balaban J connectivity index is 1.68. The molecule has 1 fully saturated rings. The molecule has 1 aromatic carbocycles. The predicted octanol–water partition coefficient (Wildman–Crippen LogP) is 2.54. The molecule has 142 valence electrons. The van der Waals surface area contributed by atoms with Gasteiger partial charge < -0.3 is 15.1 Å². The first-order valence-corrected chi connectivity index (χ1v) is 8.77. The molecule has 2 unspecified atom stereocenters. The molecule has 1 aliphatic rings. The van der Waals surface area contributed by atoms with Gasteiger partial charge in [-0.25, -0.2) is 4.79 Å². The number of carbonyl (C=O) groups is 3. The number of nitrogens with one attached hydrogen (secondary N) is 2. The van der Waals surface area contributed by atoms with E-state index in [0.717, 1.165) is 16.0 Å². The van der Waals surface area contributed by atoms with E-state index in [9.17, 15) is 14.4 Å². The number of urea groups is 1. The van der Waals surface area contributed by atoms with Gasteiger partial charge in [0, 0.05) is 0 Å². The fraction of sp³-hybridized carbons (Fsp3) is 0.350. The summed E-state index contributed by atoms with van der Waals surface area (Å²) in [5, 5.41) is 5.44. The average molecular weight is 369 g/mol. The van der Waals surface area contributed by atoms with Crippen LogP contribution in [0.3, 0.4) is 0 Å². The third-order valence-corrected chi connectivity index (χ3v) is 5.00. The maximum Gasteiger partial charge on any atom is 0.325 e. The monoisotopic (exact) mass is 369 g/mol. The highest BCUT2D eigenvalue weighted by molar-refractivity contribution is 6.08. The molecule has 1 saturated heterocycles. The third kappa shape index (κ3) is 3.45. The second-order valence-corrected chi connectivity index (χ2v) is 7.06. The number of furan rings is 1. The van der Waals surface area contributed by atoms with Crippen LogP contribution in [0.2, 0.25) is 0 Å². The topological polar surface area (TPSA) is 91.7 Å². The van der Waals surface area contributed by atoms with Gasteiger partial charge in [-0.05, 0) is 56.5 Å². The maximum atomic E-state index is 12.7.